The molecule has 1 saturated heterocycles. The van der Waals surface area contributed by atoms with E-state index in [1.54, 1.807) is 6.07 Å². The lowest BCUT2D eigenvalue weighted by Gasteiger charge is -2.19. The van der Waals surface area contributed by atoms with E-state index in [9.17, 15) is 15.2 Å². The van der Waals surface area contributed by atoms with Crippen LogP contribution in [-0.2, 0) is 6.54 Å². The van der Waals surface area contributed by atoms with Crippen LogP contribution in [0.25, 0.3) is 44.7 Å². The molecule has 1 fully saturated rings. The lowest BCUT2D eigenvalue weighted by atomic mass is 9.93. The van der Waals surface area contributed by atoms with Crippen LogP contribution in [0.1, 0.15) is 51.8 Å². The summed E-state index contributed by atoms with van der Waals surface area (Å²) in [6.45, 7) is 10.0. The van der Waals surface area contributed by atoms with Crippen molar-refractivity contribution < 1.29 is 14.3 Å². The molecule has 0 spiro atoms. The molecule has 0 bridgehead atoms. The molecule has 0 amide bonds. The fourth-order valence-corrected chi connectivity index (χ4v) is 6.45. The smallest absolute Gasteiger partial charge is 0.227 e. The third-order valence-electron chi connectivity index (χ3n) is 8.85. The van der Waals surface area contributed by atoms with Crippen LogP contribution in [0.3, 0.4) is 0 Å². The fraction of sp³-hybridized carbons (Fsp3) is 0.243. The number of fused-ring (bicyclic) bond motifs is 2. The number of aryl methyl sites for hydroxylation is 1. The minimum absolute atomic E-state index is 0.269. The highest BCUT2D eigenvalue weighted by molar-refractivity contribution is 5.91. The number of carbonyl (C=O) groups is 1. The number of hydrogen-bond donors (Lipinski definition) is 2. The summed E-state index contributed by atoms with van der Waals surface area (Å²) in [5.41, 5.74) is 9.00. The molecule has 1 aliphatic rings. The Morgan fingerprint density at radius 1 is 1.02 bits per heavy atom. The lowest BCUT2D eigenvalue weighted by Crippen LogP contribution is -2.29. The first kappa shape index (κ1) is 30.2. The normalized spacial score (nSPS) is 16.5. The van der Waals surface area contributed by atoms with E-state index in [2.05, 4.69) is 51.4 Å². The van der Waals surface area contributed by atoms with Crippen LogP contribution in [-0.4, -0.2) is 54.9 Å². The highest BCUT2D eigenvalue weighted by Crippen LogP contribution is 2.37. The van der Waals surface area contributed by atoms with E-state index in [1.807, 2.05) is 51.2 Å². The SMILES string of the molecule is Cc1nc(Nc2cccc(-c3cccc(-c4nc5cc(C=O)cc(C#N)c5o4)c3C)c2C)c2ncc(CN3CC[C@@](C)(O)C3)cc2n1. The van der Waals surface area contributed by atoms with Crippen molar-refractivity contribution in [1.82, 2.24) is 24.8 Å². The molecular formula is C37H33N7O3. The van der Waals surface area contributed by atoms with Gasteiger partial charge in [-0.3, -0.25) is 14.7 Å². The Bertz CT molecular complexity index is 2250. The summed E-state index contributed by atoms with van der Waals surface area (Å²) in [6, 6.07) is 19.4. The number of nitrogens with zero attached hydrogens (tertiary/aromatic N) is 6. The van der Waals surface area contributed by atoms with Gasteiger partial charge < -0.3 is 14.8 Å². The van der Waals surface area contributed by atoms with E-state index in [0.29, 0.717) is 59.1 Å². The maximum Gasteiger partial charge on any atom is 0.227 e. The average Bonchev–Trinajstić information content (AvgIpc) is 3.63. The standard InChI is InChI=1S/C37H33N7O3/c1-21-27(7-5-9-29(21)36-43-32-14-24(19-45)13-26(16-38)34(32)47-36)28-8-6-10-30(22(28)2)42-35-33-31(40-23(3)41-35)15-25(17-39-33)18-44-12-11-37(4,46)20-44/h5-10,13-15,17,19,46H,11-12,18,20H2,1-4H3,(H,40,41,42)/t37-/m1/s1. The molecule has 0 saturated carbocycles. The van der Waals surface area contributed by atoms with E-state index >= 15 is 0 Å². The summed E-state index contributed by atoms with van der Waals surface area (Å²) in [4.78, 5) is 32.5. The number of rotatable bonds is 7. The predicted molar refractivity (Wildman–Crippen MR) is 180 cm³/mol. The summed E-state index contributed by atoms with van der Waals surface area (Å²) < 4.78 is 6.09. The van der Waals surface area contributed by atoms with Crippen molar-refractivity contribution >= 4 is 39.9 Å². The Labute approximate surface area is 271 Å². The van der Waals surface area contributed by atoms with E-state index in [1.165, 1.54) is 6.07 Å². The van der Waals surface area contributed by atoms with Crippen LogP contribution in [0, 0.1) is 32.1 Å². The monoisotopic (exact) mass is 623 g/mol. The van der Waals surface area contributed by atoms with Gasteiger partial charge in [0.1, 0.15) is 29.2 Å². The molecule has 1 atom stereocenters. The predicted octanol–water partition coefficient (Wildman–Crippen LogP) is 6.81. The van der Waals surface area contributed by atoms with Gasteiger partial charge >= 0.3 is 0 Å². The molecule has 3 aromatic heterocycles. The molecule has 1 aliphatic heterocycles. The Balaban J connectivity index is 1.22. The number of oxazole rings is 1. The Kier molecular flexibility index (Phi) is 7.51. The molecule has 7 rings (SSSR count). The van der Waals surface area contributed by atoms with Crippen molar-refractivity contribution in [2.45, 2.75) is 46.3 Å². The van der Waals surface area contributed by atoms with Crippen molar-refractivity contribution in [1.29, 1.82) is 5.26 Å². The van der Waals surface area contributed by atoms with Crippen LogP contribution in [0.15, 0.2) is 65.2 Å². The molecule has 4 heterocycles. The number of nitriles is 1. The number of nitrogens with one attached hydrogen (secondary N) is 1. The quantitative estimate of drug-likeness (QED) is 0.182. The molecule has 47 heavy (non-hydrogen) atoms. The molecule has 234 valence electrons. The maximum absolute atomic E-state index is 11.4. The summed E-state index contributed by atoms with van der Waals surface area (Å²) in [5.74, 6) is 1.65. The maximum atomic E-state index is 11.4. The van der Waals surface area contributed by atoms with E-state index in [0.717, 1.165) is 57.6 Å². The molecule has 0 unspecified atom stereocenters. The van der Waals surface area contributed by atoms with Crippen LogP contribution >= 0.6 is 0 Å². The highest BCUT2D eigenvalue weighted by Gasteiger charge is 2.31. The summed E-state index contributed by atoms with van der Waals surface area (Å²) >= 11 is 0. The highest BCUT2D eigenvalue weighted by atomic mass is 16.3. The molecule has 6 aromatic rings. The molecule has 2 N–H and O–H groups in total. The number of carbonyl (C=O) groups excluding carboxylic acids is 1. The number of aldehydes is 1. The van der Waals surface area contributed by atoms with Crippen LogP contribution in [0.4, 0.5) is 11.5 Å². The van der Waals surface area contributed by atoms with Gasteiger partial charge in [-0.05, 0) is 92.3 Å². The number of hydrogen-bond acceptors (Lipinski definition) is 10. The molecule has 3 aromatic carbocycles. The fourth-order valence-electron chi connectivity index (χ4n) is 6.45. The van der Waals surface area contributed by atoms with Gasteiger partial charge in [0, 0.05) is 42.6 Å². The molecule has 0 radical (unpaired) electrons. The molecular weight excluding hydrogens is 590 g/mol. The first-order valence-corrected chi connectivity index (χ1v) is 15.5. The van der Waals surface area contributed by atoms with E-state index in [4.69, 9.17) is 14.4 Å². The number of anilines is 2. The number of likely N-dealkylation sites (tertiary alicyclic amines) is 1. The van der Waals surface area contributed by atoms with Gasteiger partial charge in [0.05, 0.1) is 16.7 Å². The van der Waals surface area contributed by atoms with E-state index in [-0.39, 0.29) is 5.56 Å². The number of aliphatic hydroxyl groups is 1. The third-order valence-corrected chi connectivity index (χ3v) is 8.85. The van der Waals surface area contributed by atoms with Crippen molar-refractivity contribution in [3.63, 3.8) is 0 Å². The summed E-state index contributed by atoms with van der Waals surface area (Å²) in [7, 11) is 0. The van der Waals surface area contributed by atoms with Gasteiger partial charge in [-0.2, -0.15) is 5.26 Å². The second kappa shape index (κ2) is 11.7. The summed E-state index contributed by atoms with van der Waals surface area (Å²) in [6.07, 6.45) is 3.32. The van der Waals surface area contributed by atoms with Crippen LogP contribution in [0.2, 0.25) is 0 Å². The van der Waals surface area contributed by atoms with Crippen LogP contribution in [0.5, 0.6) is 0 Å². The zero-order valence-electron chi connectivity index (χ0n) is 26.6. The van der Waals surface area contributed by atoms with Crippen LogP contribution < -0.4 is 5.32 Å². The lowest BCUT2D eigenvalue weighted by molar-refractivity contribution is 0.0679. The van der Waals surface area contributed by atoms with Crippen molar-refractivity contribution in [3.8, 4) is 28.7 Å². The Morgan fingerprint density at radius 3 is 2.53 bits per heavy atom. The van der Waals surface area contributed by atoms with Crippen molar-refractivity contribution in [2.75, 3.05) is 18.4 Å². The average molecular weight is 624 g/mol. The molecule has 0 aliphatic carbocycles. The minimum atomic E-state index is -0.652. The zero-order valence-corrected chi connectivity index (χ0v) is 26.6. The van der Waals surface area contributed by atoms with E-state index < -0.39 is 5.60 Å². The molecule has 10 nitrogen and oxygen atoms in total. The summed E-state index contributed by atoms with van der Waals surface area (Å²) in [5, 5.41) is 23.5. The van der Waals surface area contributed by atoms with Gasteiger partial charge in [0.15, 0.2) is 11.4 Å². The molecule has 10 heteroatoms. The third kappa shape index (κ3) is 5.71. The number of benzene rings is 3. The second-order valence-electron chi connectivity index (χ2n) is 12.5. The Hall–Kier alpha value is -5.50. The van der Waals surface area contributed by atoms with Gasteiger partial charge in [0.2, 0.25) is 5.89 Å². The number of aromatic nitrogens is 4. The first-order chi connectivity index (χ1) is 22.6. The first-order valence-electron chi connectivity index (χ1n) is 15.5. The van der Waals surface area contributed by atoms with Gasteiger partial charge in [-0.15, -0.1) is 0 Å². The Morgan fingerprint density at radius 2 is 1.79 bits per heavy atom. The van der Waals surface area contributed by atoms with Gasteiger partial charge in [0.25, 0.3) is 0 Å². The van der Waals surface area contributed by atoms with Gasteiger partial charge in [-0.25, -0.2) is 15.0 Å². The number of β-amino-alcohol motifs (C(OH)–C–C–N with tert-alkyl or cyclic N) is 1. The second-order valence-corrected chi connectivity index (χ2v) is 12.5. The zero-order chi connectivity index (χ0) is 32.9. The van der Waals surface area contributed by atoms with Crippen molar-refractivity contribution in [3.05, 3.63) is 94.4 Å². The van der Waals surface area contributed by atoms with Gasteiger partial charge in [-0.1, -0.05) is 24.3 Å². The van der Waals surface area contributed by atoms with Crippen molar-refractivity contribution in [2.24, 2.45) is 0 Å². The topological polar surface area (TPSA) is 141 Å². The minimum Gasteiger partial charge on any atom is -0.435 e. The number of pyridine rings is 1. The largest absolute Gasteiger partial charge is 0.435 e.